The lowest BCUT2D eigenvalue weighted by atomic mass is 10.3. The number of carbonyl (C=O) groups is 1. The minimum absolute atomic E-state index is 0. The number of carbonyl (C=O) groups excluding carboxylic acids is 1. The summed E-state index contributed by atoms with van der Waals surface area (Å²) in [5.74, 6) is 0.101. The van der Waals surface area contributed by atoms with Crippen molar-refractivity contribution in [3.63, 3.8) is 0 Å². The summed E-state index contributed by atoms with van der Waals surface area (Å²) in [7, 11) is 1.85. The van der Waals surface area contributed by atoms with Crippen LogP contribution in [0.1, 0.15) is 25.0 Å². The number of rotatable bonds is 7. The van der Waals surface area contributed by atoms with Crippen LogP contribution < -0.4 is 15.5 Å². The van der Waals surface area contributed by atoms with Crippen molar-refractivity contribution >= 4 is 47.2 Å². The van der Waals surface area contributed by atoms with Gasteiger partial charge in [0.25, 0.3) is 0 Å². The third-order valence-electron chi connectivity index (χ3n) is 3.22. The minimum Gasteiger partial charge on any atom is -0.356 e. The highest BCUT2D eigenvalue weighted by Crippen LogP contribution is 2.24. The van der Waals surface area contributed by atoms with E-state index in [1.165, 1.54) is 12.8 Å². The number of thiazole rings is 1. The molecule has 122 valence electrons. The summed E-state index contributed by atoms with van der Waals surface area (Å²) in [6.45, 7) is 3.66. The highest BCUT2D eigenvalue weighted by atomic mass is 35.5. The summed E-state index contributed by atoms with van der Waals surface area (Å²) in [5, 5.41) is 9.12. The van der Waals surface area contributed by atoms with Gasteiger partial charge in [0.2, 0.25) is 5.91 Å². The molecule has 0 aliphatic carbocycles. The van der Waals surface area contributed by atoms with Gasteiger partial charge >= 0.3 is 0 Å². The molecule has 1 aromatic rings. The molecule has 0 bridgehead atoms. The van der Waals surface area contributed by atoms with Gasteiger partial charge in [-0.25, -0.2) is 4.98 Å². The molecular weight excluding hydrogens is 331 g/mol. The number of aromatic nitrogens is 1. The minimum atomic E-state index is 0. The lowest BCUT2D eigenvalue weighted by Gasteiger charge is -2.12. The van der Waals surface area contributed by atoms with Crippen molar-refractivity contribution in [3.8, 4) is 0 Å². The lowest BCUT2D eigenvalue weighted by Crippen LogP contribution is -2.28. The zero-order valence-corrected chi connectivity index (χ0v) is 14.7. The summed E-state index contributed by atoms with van der Waals surface area (Å²) < 4.78 is 0. The van der Waals surface area contributed by atoms with Gasteiger partial charge in [-0.2, -0.15) is 0 Å². The normalized spacial score (nSPS) is 13.5. The molecule has 5 nitrogen and oxygen atoms in total. The van der Waals surface area contributed by atoms with Crippen molar-refractivity contribution in [2.24, 2.45) is 0 Å². The van der Waals surface area contributed by atoms with Gasteiger partial charge in [-0.3, -0.25) is 4.79 Å². The third-order valence-corrected chi connectivity index (χ3v) is 4.17. The van der Waals surface area contributed by atoms with Crippen LogP contribution in [0.25, 0.3) is 0 Å². The van der Waals surface area contributed by atoms with Crippen LogP contribution in [-0.2, 0) is 11.2 Å². The van der Waals surface area contributed by atoms with Crippen molar-refractivity contribution in [2.45, 2.75) is 25.7 Å². The fourth-order valence-electron chi connectivity index (χ4n) is 2.12. The highest BCUT2D eigenvalue weighted by molar-refractivity contribution is 7.13. The van der Waals surface area contributed by atoms with Crippen molar-refractivity contribution < 1.29 is 4.79 Å². The molecule has 2 rings (SSSR count). The molecule has 1 amide bonds. The van der Waals surface area contributed by atoms with Crippen LogP contribution in [0.5, 0.6) is 0 Å². The number of halogens is 2. The Bertz CT molecular complexity index is 411. The Hall–Kier alpha value is -0.560. The molecular formula is C13H24Cl2N4OS. The molecule has 0 atom stereocenters. The first-order chi connectivity index (χ1) is 9.29. The molecule has 21 heavy (non-hydrogen) atoms. The van der Waals surface area contributed by atoms with Crippen LogP contribution in [0.2, 0.25) is 0 Å². The fraction of sp³-hybridized carbons (Fsp3) is 0.692. The van der Waals surface area contributed by atoms with E-state index in [1.807, 2.05) is 7.05 Å². The van der Waals surface area contributed by atoms with E-state index in [-0.39, 0.29) is 30.7 Å². The Morgan fingerprint density at radius 1 is 1.33 bits per heavy atom. The molecule has 8 heteroatoms. The maximum atomic E-state index is 11.4. The third kappa shape index (κ3) is 6.82. The van der Waals surface area contributed by atoms with Gasteiger partial charge in [0, 0.05) is 44.4 Å². The first-order valence-corrected chi connectivity index (χ1v) is 7.78. The van der Waals surface area contributed by atoms with E-state index in [0.29, 0.717) is 13.0 Å². The second-order valence-corrected chi connectivity index (χ2v) is 5.61. The summed E-state index contributed by atoms with van der Waals surface area (Å²) in [6.07, 6.45) is 3.90. The zero-order valence-electron chi connectivity index (χ0n) is 12.3. The Kier molecular flexibility index (Phi) is 10.8. The quantitative estimate of drug-likeness (QED) is 0.784. The predicted molar refractivity (Wildman–Crippen MR) is 93.3 cm³/mol. The van der Waals surface area contributed by atoms with Crippen LogP contribution in [-0.4, -0.2) is 44.1 Å². The largest absolute Gasteiger partial charge is 0.356 e. The summed E-state index contributed by atoms with van der Waals surface area (Å²) in [4.78, 5) is 18.4. The standard InChI is InChI=1S/C13H22N4OS.2ClH/c1-14-6-5-12(18)15-7-4-11-10-19-13(16-11)17-8-2-3-9-17;;/h10,14H,2-9H2,1H3,(H,15,18);2*1H. The zero-order chi connectivity index (χ0) is 13.5. The number of amides is 1. The van der Waals surface area contributed by atoms with Gasteiger partial charge in [-0.1, -0.05) is 0 Å². The molecule has 1 aliphatic heterocycles. The second-order valence-electron chi connectivity index (χ2n) is 4.77. The molecule has 1 aliphatic rings. The van der Waals surface area contributed by atoms with Gasteiger partial charge in [-0.15, -0.1) is 36.2 Å². The number of hydrogen-bond acceptors (Lipinski definition) is 5. The van der Waals surface area contributed by atoms with E-state index in [9.17, 15) is 4.79 Å². The molecule has 0 unspecified atom stereocenters. The van der Waals surface area contributed by atoms with Gasteiger partial charge in [0.15, 0.2) is 5.13 Å². The molecule has 0 radical (unpaired) electrons. The van der Waals surface area contributed by atoms with E-state index in [4.69, 9.17) is 0 Å². The maximum absolute atomic E-state index is 11.4. The Morgan fingerprint density at radius 2 is 2.05 bits per heavy atom. The molecule has 2 heterocycles. The van der Waals surface area contributed by atoms with Crippen LogP contribution in [0.3, 0.4) is 0 Å². The Balaban J connectivity index is 0.00000200. The SMILES string of the molecule is CNCCC(=O)NCCc1csc(N2CCCC2)n1.Cl.Cl. The van der Waals surface area contributed by atoms with Crippen molar-refractivity contribution in [1.82, 2.24) is 15.6 Å². The number of hydrogen-bond donors (Lipinski definition) is 2. The number of anilines is 1. The molecule has 0 spiro atoms. The molecule has 0 aromatic carbocycles. The fourth-order valence-corrected chi connectivity index (χ4v) is 3.04. The molecule has 0 saturated carbocycles. The van der Waals surface area contributed by atoms with Crippen LogP contribution in [0.4, 0.5) is 5.13 Å². The van der Waals surface area contributed by atoms with E-state index < -0.39 is 0 Å². The first-order valence-electron chi connectivity index (χ1n) is 6.90. The summed E-state index contributed by atoms with van der Waals surface area (Å²) in [5.41, 5.74) is 1.08. The molecule has 1 fully saturated rings. The van der Waals surface area contributed by atoms with Gasteiger partial charge in [-0.05, 0) is 19.9 Å². The summed E-state index contributed by atoms with van der Waals surface area (Å²) in [6, 6.07) is 0. The van der Waals surface area contributed by atoms with Crippen molar-refractivity contribution in [1.29, 1.82) is 0 Å². The smallest absolute Gasteiger partial charge is 0.221 e. The van der Waals surface area contributed by atoms with Crippen LogP contribution in [0, 0.1) is 0 Å². The van der Waals surface area contributed by atoms with Gasteiger partial charge < -0.3 is 15.5 Å². The van der Waals surface area contributed by atoms with E-state index in [0.717, 1.165) is 36.9 Å². The molecule has 2 N–H and O–H groups in total. The van der Waals surface area contributed by atoms with E-state index in [1.54, 1.807) is 11.3 Å². The average Bonchev–Trinajstić information content (AvgIpc) is 3.06. The monoisotopic (exact) mass is 354 g/mol. The molecule has 1 saturated heterocycles. The average molecular weight is 355 g/mol. The van der Waals surface area contributed by atoms with Gasteiger partial charge in [0.1, 0.15) is 0 Å². The summed E-state index contributed by atoms with van der Waals surface area (Å²) >= 11 is 1.71. The van der Waals surface area contributed by atoms with E-state index in [2.05, 4.69) is 25.9 Å². The maximum Gasteiger partial charge on any atom is 0.221 e. The Labute approximate surface area is 142 Å². The van der Waals surface area contributed by atoms with Crippen molar-refractivity contribution in [2.75, 3.05) is 38.1 Å². The molecule has 1 aromatic heterocycles. The first kappa shape index (κ1) is 20.4. The Morgan fingerprint density at radius 3 is 2.71 bits per heavy atom. The number of nitrogens with zero attached hydrogens (tertiary/aromatic N) is 2. The second kappa shape index (κ2) is 11.1. The number of nitrogens with one attached hydrogen (secondary N) is 2. The topological polar surface area (TPSA) is 57.3 Å². The predicted octanol–water partition coefficient (Wildman–Crippen LogP) is 1.86. The van der Waals surface area contributed by atoms with Crippen molar-refractivity contribution in [3.05, 3.63) is 11.1 Å². The van der Waals surface area contributed by atoms with Crippen LogP contribution >= 0.6 is 36.2 Å². The lowest BCUT2D eigenvalue weighted by molar-refractivity contribution is -0.120. The van der Waals surface area contributed by atoms with E-state index >= 15 is 0 Å². The highest BCUT2D eigenvalue weighted by Gasteiger charge is 2.15. The van der Waals surface area contributed by atoms with Gasteiger partial charge in [0.05, 0.1) is 5.69 Å². The van der Waals surface area contributed by atoms with Crippen LogP contribution in [0.15, 0.2) is 5.38 Å².